The summed E-state index contributed by atoms with van der Waals surface area (Å²) in [5.74, 6) is 0.0585. The van der Waals surface area contributed by atoms with Gasteiger partial charge < -0.3 is 15.3 Å². The molecule has 3 heterocycles. The molecule has 3 aliphatic rings. The molecule has 3 aliphatic heterocycles. The van der Waals surface area contributed by atoms with E-state index in [9.17, 15) is 9.59 Å². The molecule has 2 unspecified atom stereocenters. The summed E-state index contributed by atoms with van der Waals surface area (Å²) in [6, 6.07) is -0.252. The molecule has 3 rings (SSSR count). The normalized spacial score (nSPS) is 34.0. The number of amides is 2. The summed E-state index contributed by atoms with van der Waals surface area (Å²) < 4.78 is 0. The van der Waals surface area contributed by atoms with Crippen LogP contribution in [0.1, 0.15) is 25.7 Å². The van der Waals surface area contributed by atoms with Crippen LogP contribution in [0.3, 0.4) is 0 Å². The number of nitrogens with zero attached hydrogens (tertiary/aromatic N) is 2. The number of urea groups is 1. The fourth-order valence-electron chi connectivity index (χ4n) is 3.50. The third kappa shape index (κ3) is 2.61. The zero-order valence-electron chi connectivity index (χ0n) is 11.5. The molecule has 20 heavy (non-hydrogen) atoms. The minimum Gasteiger partial charge on any atom is -0.480 e. The highest BCUT2D eigenvalue weighted by Gasteiger charge is 2.39. The maximum atomic E-state index is 12.3. The van der Waals surface area contributed by atoms with Crippen molar-refractivity contribution in [2.24, 2.45) is 0 Å². The van der Waals surface area contributed by atoms with Gasteiger partial charge in [0.25, 0.3) is 0 Å². The van der Waals surface area contributed by atoms with Gasteiger partial charge in [-0.05, 0) is 25.8 Å². The van der Waals surface area contributed by atoms with Crippen LogP contribution < -0.4 is 5.32 Å². The van der Waals surface area contributed by atoms with Gasteiger partial charge in [-0.1, -0.05) is 6.42 Å². The lowest BCUT2D eigenvalue weighted by Gasteiger charge is -2.33. The van der Waals surface area contributed by atoms with Crippen LogP contribution in [0.4, 0.5) is 4.79 Å². The van der Waals surface area contributed by atoms with Crippen molar-refractivity contribution in [2.45, 2.75) is 43.8 Å². The highest BCUT2D eigenvalue weighted by molar-refractivity contribution is 7.99. The van der Waals surface area contributed by atoms with E-state index >= 15 is 0 Å². The van der Waals surface area contributed by atoms with E-state index in [4.69, 9.17) is 5.11 Å². The van der Waals surface area contributed by atoms with Gasteiger partial charge in [0.2, 0.25) is 0 Å². The number of carboxylic acid groups (broad SMARTS) is 1. The summed E-state index contributed by atoms with van der Waals surface area (Å²) >= 11 is 1.50. The third-order valence-corrected chi connectivity index (χ3v) is 5.61. The third-order valence-electron chi connectivity index (χ3n) is 4.59. The molecule has 3 saturated heterocycles. The lowest BCUT2D eigenvalue weighted by molar-refractivity contribution is -0.140. The zero-order valence-corrected chi connectivity index (χ0v) is 12.3. The molecule has 2 amide bonds. The molecule has 0 radical (unpaired) electrons. The summed E-state index contributed by atoms with van der Waals surface area (Å²) in [6.45, 7) is 2.18. The van der Waals surface area contributed by atoms with Crippen molar-refractivity contribution in [1.82, 2.24) is 15.1 Å². The highest BCUT2D eigenvalue weighted by Crippen LogP contribution is 2.28. The number of carbonyl (C=O) groups excluding carboxylic acids is 1. The van der Waals surface area contributed by atoms with Crippen LogP contribution in [-0.2, 0) is 4.79 Å². The largest absolute Gasteiger partial charge is 0.480 e. The number of fused-ring (bicyclic) bond motifs is 1. The molecule has 0 spiro atoms. The molecular weight excluding hydrogens is 278 g/mol. The predicted octanol–water partition coefficient (Wildman–Crippen LogP) is 0.782. The summed E-state index contributed by atoms with van der Waals surface area (Å²) in [7, 11) is 0. The first-order valence-electron chi connectivity index (χ1n) is 7.28. The smallest absolute Gasteiger partial charge is 0.327 e. The van der Waals surface area contributed by atoms with Gasteiger partial charge in [0.05, 0.1) is 5.88 Å². The maximum Gasteiger partial charge on any atom is 0.327 e. The van der Waals surface area contributed by atoms with E-state index in [-0.39, 0.29) is 12.1 Å². The monoisotopic (exact) mass is 299 g/mol. The predicted molar refractivity (Wildman–Crippen MR) is 76.7 cm³/mol. The van der Waals surface area contributed by atoms with Gasteiger partial charge >= 0.3 is 12.0 Å². The lowest BCUT2D eigenvalue weighted by atomic mass is 9.99. The van der Waals surface area contributed by atoms with Gasteiger partial charge in [0, 0.05) is 24.4 Å². The van der Waals surface area contributed by atoms with Gasteiger partial charge in [-0.25, -0.2) is 9.59 Å². The Morgan fingerprint density at radius 3 is 2.85 bits per heavy atom. The number of thioether (sulfide) groups is 1. The van der Waals surface area contributed by atoms with Crippen LogP contribution in [0, 0.1) is 0 Å². The summed E-state index contributed by atoms with van der Waals surface area (Å²) in [5.41, 5.74) is 0. The number of aliphatic carboxylic acids is 1. The fraction of sp³-hybridized carbons (Fsp3) is 0.846. The average molecular weight is 299 g/mol. The molecule has 112 valence electrons. The minimum atomic E-state index is -0.907. The second kappa shape index (κ2) is 5.81. The van der Waals surface area contributed by atoms with E-state index in [0.717, 1.165) is 25.9 Å². The van der Waals surface area contributed by atoms with E-state index in [2.05, 4.69) is 10.2 Å². The standard InChI is InChI=1S/C13H21N3O3S/c17-12(18)11-7-20-8-16(11)13(19)14-9-4-6-15-5-2-1-3-10(9)15/h9-11H,1-8H2,(H,14,19)(H,17,18)/t9?,10?,11-/m0/s1. The number of hydrogen-bond acceptors (Lipinski definition) is 4. The molecule has 2 N–H and O–H groups in total. The summed E-state index contributed by atoms with van der Waals surface area (Å²) in [4.78, 5) is 27.4. The first-order chi connectivity index (χ1) is 9.66. The molecule has 3 atom stereocenters. The Bertz CT molecular complexity index is 406. The molecule has 0 aromatic heterocycles. The molecule has 3 fully saturated rings. The second-order valence-corrected chi connectivity index (χ2v) is 6.77. The molecule has 7 heteroatoms. The van der Waals surface area contributed by atoms with Crippen LogP contribution in [0.15, 0.2) is 0 Å². The molecule has 0 aromatic carbocycles. The Hall–Kier alpha value is -0.950. The van der Waals surface area contributed by atoms with Crippen molar-refractivity contribution in [1.29, 1.82) is 0 Å². The van der Waals surface area contributed by atoms with Crippen LogP contribution in [-0.4, -0.2) is 69.8 Å². The zero-order chi connectivity index (χ0) is 14.1. The van der Waals surface area contributed by atoms with Gasteiger partial charge in [-0.2, -0.15) is 0 Å². The van der Waals surface area contributed by atoms with Crippen LogP contribution in [0.5, 0.6) is 0 Å². The lowest BCUT2D eigenvalue weighted by Crippen LogP contribution is -2.53. The van der Waals surface area contributed by atoms with E-state index in [1.54, 1.807) is 0 Å². The van der Waals surface area contributed by atoms with Gasteiger partial charge in [-0.3, -0.25) is 4.90 Å². The number of piperidine rings is 1. The Balaban J connectivity index is 1.60. The minimum absolute atomic E-state index is 0.183. The molecular formula is C13H21N3O3S. The van der Waals surface area contributed by atoms with Crippen LogP contribution in [0.25, 0.3) is 0 Å². The first kappa shape index (κ1) is 14.0. The molecule has 6 nitrogen and oxygen atoms in total. The fourth-order valence-corrected chi connectivity index (χ4v) is 4.65. The van der Waals surface area contributed by atoms with Crippen LogP contribution >= 0.6 is 11.8 Å². The van der Waals surface area contributed by atoms with Gasteiger partial charge in [0.1, 0.15) is 6.04 Å². The van der Waals surface area contributed by atoms with Crippen molar-refractivity contribution in [3.8, 4) is 0 Å². The van der Waals surface area contributed by atoms with Crippen molar-refractivity contribution in [2.75, 3.05) is 24.7 Å². The number of nitrogens with one attached hydrogen (secondary N) is 1. The SMILES string of the molecule is O=C(O)[C@@H]1CSCN1C(=O)NC1CCN2CCCCC12. The van der Waals surface area contributed by atoms with Crippen molar-refractivity contribution >= 4 is 23.8 Å². The number of carboxylic acids is 1. The number of carbonyl (C=O) groups is 2. The quantitative estimate of drug-likeness (QED) is 0.788. The second-order valence-electron chi connectivity index (χ2n) is 5.77. The first-order valence-corrected chi connectivity index (χ1v) is 8.44. The highest BCUT2D eigenvalue weighted by atomic mass is 32.2. The van der Waals surface area contributed by atoms with E-state index in [1.807, 2.05) is 0 Å². The van der Waals surface area contributed by atoms with Gasteiger partial charge in [0.15, 0.2) is 0 Å². The Morgan fingerprint density at radius 1 is 1.20 bits per heavy atom. The van der Waals surface area contributed by atoms with Crippen molar-refractivity contribution in [3.63, 3.8) is 0 Å². The maximum absolute atomic E-state index is 12.3. The topological polar surface area (TPSA) is 72.9 Å². The number of rotatable bonds is 2. The Morgan fingerprint density at radius 2 is 2.05 bits per heavy atom. The van der Waals surface area contributed by atoms with Crippen molar-refractivity contribution < 1.29 is 14.7 Å². The summed E-state index contributed by atoms with van der Waals surface area (Å²) in [6.07, 6.45) is 4.60. The van der Waals surface area contributed by atoms with E-state index < -0.39 is 12.0 Å². The molecule has 0 aromatic rings. The van der Waals surface area contributed by atoms with Gasteiger partial charge in [-0.15, -0.1) is 11.8 Å². The molecule has 0 bridgehead atoms. The molecule has 0 saturated carbocycles. The van der Waals surface area contributed by atoms with E-state index in [0.29, 0.717) is 17.7 Å². The Kier molecular flexibility index (Phi) is 4.07. The summed E-state index contributed by atoms with van der Waals surface area (Å²) in [5, 5.41) is 12.2. The van der Waals surface area contributed by atoms with Crippen molar-refractivity contribution in [3.05, 3.63) is 0 Å². The van der Waals surface area contributed by atoms with Crippen LogP contribution in [0.2, 0.25) is 0 Å². The van der Waals surface area contributed by atoms with E-state index in [1.165, 1.54) is 29.5 Å². The Labute approximate surface area is 122 Å². The average Bonchev–Trinajstić information content (AvgIpc) is 3.06. The number of hydrogen-bond donors (Lipinski definition) is 2. The molecule has 0 aliphatic carbocycles.